The smallest absolute Gasteiger partial charge is 0.270 e. The Labute approximate surface area is 133 Å². The number of aromatic nitrogens is 1. The number of halogens is 1. The van der Waals surface area contributed by atoms with Gasteiger partial charge in [-0.15, -0.1) is 0 Å². The van der Waals surface area contributed by atoms with Gasteiger partial charge < -0.3 is 15.2 Å². The van der Waals surface area contributed by atoms with Gasteiger partial charge in [-0.3, -0.25) is 14.5 Å². The predicted octanol–water partition coefficient (Wildman–Crippen LogP) is 0.809. The van der Waals surface area contributed by atoms with Crippen LogP contribution >= 0.6 is 0 Å². The van der Waals surface area contributed by atoms with E-state index in [0.717, 1.165) is 0 Å². The normalized spacial score (nSPS) is 19.1. The number of hydrogen-bond donors (Lipinski definition) is 2. The van der Waals surface area contributed by atoms with Crippen molar-refractivity contribution in [1.29, 1.82) is 0 Å². The van der Waals surface area contributed by atoms with Crippen LogP contribution in [0.15, 0.2) is 24.3 Å². The Bertz CT molecular complexity index is 758. The SMILES string of the molecule is CNC(=O)[C@@H]1CN(C(=O)c2cc3cc(F)ccc3[nH]2)CCN1C. The van der Waals surface area contributed by atoms with Crippen molar-refractivity contribution in [1.82, 2.24) is 20.1 Å². The van der Waals surface area contributed by atoms with Crippen LogP contribution in [0.25, 0.3) is 10.9 Å². The molecule has 6 nitrogen and oxygen atoms in total. The number of H-pyrrole nitrogens is 1. The van der Waals surface area contributed by atoms with Gasteiger partial charge >= 0.3 is 0 Å². The van der Waals surface area contributed by atoms with Crippen LogP contribution in [0.4, 0.5) is 4.39 Å². The van der Waals surface area contributed by atoms with Gasteiger partial charge in [-0.25, -0.2) is 4.39 Å². The molecule has 1 saturated heterocycles. The van der Waals surface area contributed by atoms with Crippen LogP contribution in [-0.2, 0) is 4.79 Å². The molecule has 0 aliphatic carbocycles. The first kappa shape index (κ1) is 15.5. The summed E-state index contributed by atoms with van der Waals surface area (Å²) in [6.07, 6.45) is 0. The summed E-state index contributed by atoms with van der Waals surface area (Å²) < 4.78 is 13.3. The van der Waals surface area contributed by atoms with Crippen molar-refractivity contribution in [3.05, 3.63) is 35.8 Å². The zero-order chi connectivity index (χ0) is 16.6. The van der Waals surface area contributed by atoms with Crippen LogP contribution in [0.1, 0.15) is 10.5 Å². The first-order valence-electron chi connectivity index (χ1n) is 7.49. The molecule has 0 unspecified atom stereocenters. The topological polar surface area (TPSA) is 68.4 Å². The molecular formula is C16H19FN4O2. The lowest BCUT2D eigenvalue weighted by molar-refractivity contribution is -0.127. The van der Waals surface area contributed by atoms with Crippen LogP contribution in [0.5, 0.6) is 0 Å². The van der Waals surface area contributed by atoms with E-state index in [-0.39, 0.29) is 23.7 Å². The predicted molar refractivity (Wildman–Crippen MR) is 84.6 cm³/mol. The third-order valence-corrected chi connectivity index (χ3v) is 4.30. The van der Waals surface area contributed by atoms with E-state index in [2.05, 4.69) is 10.3 Å². The zero-order valence-corrected chi connectivity index (χ0v) is 13.1. The summed E-state index contributed by atoms with van der Waals surface area (Å²) >= 11 is 0. The van der Waals surface area contributed by atoms with Gasteiger partial charge in [0.2, 0.25) is 5.91 Å². The minimum Gasteiger partial charge on any atom is -0.358 e. The van der Waals surface area contributed by atoms with E-state index in [1.807, 2.05) is 11.9 Å². The highest BCUT2D eigenvalue weighted by atomic mass is 19.1. The van der Waals surface area contributed by atoms with Gasteiger partial charge in [-0.2, -0.15) is 0 Å². The number of nitrogens with zero attached hydrogens (tertiary/aromatic N) is 2. The Morgan fingerprint density at radius 3 is 2.83 bits per heavy atom. The van der Waals surface area contributed by atoms with E-state index in [4.69, 9.17) is 0 Å². The highest BCUT2D eigenvalue weighted by Crippen LogP contribution is 2.19. The average molecular weight is 318 g/mol. The molecule has 1 aromatic heterocycles. The number of rotatable bonds is 2. The molecule has 0 radical (unpaired) electrons. The summed E-state index contributed by atoms with van der Waals surface area (Å²) in [7, 11) is 3.45. The molecule has 122 valence electrons. The van der Waals surface area contributed by atoms with Gasteiger partial charge in [0.1, 0.15) is 17.6 Å². The molecule has 7 heteroatoms. The summed E-state index contributed by atoms with van der Waals surface area (Å²) in [5, 5.41) is 3.28. The van der Waals surface area contributed by atoms with Crippen molar-refractivity contribution in [3.63, 3.8) is 0 Å². The summed E-state index contributed by atoms with van der Waals surface area (Å²) in [5.74, 6) is -0.623. The maximum atomic E-state index is 13.3. The van der Waals surface area contributed by atoms with Crippen LogP contribution in [0.2, 0.25) is 0 Å². The number of amides is 2. The van der Waals surface area contributed by atoms with Gasteiger partial charge in [-0.1, -0.05) is 0 Å². The fourth-order valence-electron chi connectivity index (χ4n) is 2.90. The molecule has 2 heterocycles. The summed E-state index contributed by atoms with van der Waals surface area (Å²) in [6.45, 7) is 1.50. The second-order valence-corrected chi connectivity index (χ2v) is 5.78. The van der Waals surface area contributed by atoms with Gasteiger partial charge in [0, 0.05) is 37.6 Å². The average Bonchev–Trinajstić information content (AvgIpc) is 2.97. The molecule has 0 saturated carbocycles. The molecule has 1 aliphatic heterocycles. The maximum Gasteiger partial charge on any atom is 0.270 e. The number of aromatic amines is 1. The Kier molecular flexibility index (Phi) is 4.04. The molecule has 1 atom stereocenters. The lowest BCUT2D eigenvalue weighted by Gasteiger charge is -2.38. The summed E-state index contributed by atoms with van der Waals surface area (Å²) in [5.41, 5.74) is 1.12. The third kappa shape index (κ3) is 2.92. The minimum absolute atomic E-state index is 0.108. The molecule has 0 spiro atoms. The summed E-state index contributed by atoms with van der Waals surface area (Å²) in [6, 6.07) is 5.64. The van der Waals surface area contributed by atoms with Gasteiger partial charge in [0.15, 0.2) is 0 Å². The number of hydrogen-bond acceptors (Lipinski definition) is 3. The van der Waals surface area contributed by atoms with Crippen molar-refractivity contribution in [2.45, 2.75) is 6.04 Å². The maximum absolute atomic E-state index is 13.3. The molecule has 2 aromatic rings. The number of fused-ring (bicyclic) bond motifs is 1. The van der Waals surface area contributed by atoms with E-state index in [1.54, 1.807) is 24.1 Å². The highest BCUT2D eigenvalue weighted by molar-refractivity contribution is 5.98. The molecule has 23 heavy (non-hydrogen) atoms. The molecule has 2 N–H and O–H groups in total. The Hall–Kier alpha value is -2.41. The van der Waals surface area contributed by atoms with E-state index in [1.165, 1.54) is 12.1 Å². The molecule has 1 fully saturated rings. The van der Waals surface area contributed by atoms with Crippen molar-refractivity contribution in [2.24, 2.45) is 0 Å². The number of piperazine rings is 1. The van der Waals surface area contributed by atoms with E-state index >= 15 is 0 Å². The number of benzene rings is 1. The van der Waals surface area contributed by atoms with Crippen molar-refractivity contribution in [2.75, 3.05) is 33.7 Å². The largest absolute Gasteiger partial charge is 0.358 e. The minimum atomic E-state index is -0.362. The number of carbonyl (C=O) groups is 2. The highest BCUT2D eigenvalue weighted by Gasteiger charge is 2.32. The molecular weight excluding hydrogens is 299 g/mol. The Morgan fingerprint density at radius 2 is 2.09 bits per heavy atom. The lowest BCUT2D eigenvalue weighted by atomic mass is 10.1. The number of likely N-dealkylation sites (N-methyl/N-ethyl adjacent to an activating group) is 2. The first-order valence-corrected chi connectivity index (χ1v) is 7.49. The quantitative estimate of drug-likeness (QED) is 0.861. The van der Waals surface area contributed by atoms with E-state index < -0.39 is 0 Å². The van der Waals surface area contributed by atoms with Crippen LogP contribution < -0.4 is 5.32 Å². The van der Waals surface area contributed by atoms with E-state index in [9.17, 15) is 14.0 Å². The second kappa shape index (κ2) is 6.00. The first-order chi connectivity index (χ1) is 11.0. The fourth-order valence-corrected chi connectivity index (χ4v) is 2.90. The van der Waals surface area contributed by atoms with Crippen LogP contribution in [-0.4, -0.2) is 66.4 Å². The van der Waals surface area contributed by atoms with Gasteiger partial charge in [-0.05, 0) is 31.3 Å². The van der Waals surface area contributed by atoms with Gasteiger partial charge in [0.05, 0.1) is 0 Å². The molecule has 3 rings (SSSR count). The van der Waals surface area contributed by atoms with Crippen molar-refractivity contribution >= 4 is 22.7 Å². The van der Waals surface area contributed by atoms with Gasteiger partial charge in [0.25, 0.3) is 5.91 Å². The molecule has 1 aliphatic rings. The number of nitrogens with one attached hydrogen (secondary N) is 2. The Balaban J connectivity index is 1.82. The number of carbonyl (C=O) groups excluding carboxylic acids is 2. The monoisotopic (exact) mass is 318 g/mol. The molecule has 0 bridgehead atoms. The Morgan fingerprint density at radius 1 is 1.30 bits per heavy atom. The standard InChI is InChI=1S/C16H19FN4O2/c1-18-15(22)14-9-21(6-5-20(14)2)16(23)13-8-10-7-11(17)3-4-12(10)19-13/h3-4,7-8,14,19H,5-6,9H2,1-2H3,(H,18,22)/t14-/m0/s1. The molecule has 1 aromatic carbocycles. The van der Waals surface area contributed by atoms with E-state index in [0.29, 0.717) is 36.2 Å². The third-order valence-electron chi connectivity index (χ3n) is 4.30. The zero-order valence-electron chi connectivity index (χ0n) is 13.1. The van der Waals surface area contributed by atoms with Crippen LogP contribution in [0.3, 0.4) is 0 Å². The lowest BCUT2D eigenvalue weighted by Crippen LogP contribution is -2.58. The van der Waals surface area contributed by atoms with Crippen molar-refractivity contribution < 1.29 is 14.0 Å². The van der Waals surface area contributed by atoms with Crippen LogP contribution in [0, 0.1) is 5.82 Å². The molecule has 2 amide bonds. The van der Waals surface area contributed by atoms with Crippen molar-refractivity contribution in [3.8, 4) is 0 Å². The fraction of sp³-hybridized carbons (Fsp3) is 0.375. The second-order valence-electron chi connectivity index (χ2n) is 5.78. The summed E-state index contributed by atoms with van der Waals surface area (Å²) in [4.78, 5) is 31.2.